The van der Waals surface area contributed by atoms with E-state index >= 15 is 0 Å². The summed E-state index contributed by atoms with van der Waals surface area (Å²) in [5.41, 5.74) is 1.03. The Bertz CT molecular complexity index is 788. The van der Waals surface area contributed by atoms with Gasteiger partial charge in [0.15, 0.2) is 5.03 Å². The van der Waals surface area contributed by atoms with Gasteiger partial charge in [0, 0.05) is 11.2 Å². The van der Waals surface area contributed by atoms with Crippen molar-refractivity contribution in [3.05, 3.63) is 52.7 Å². The predicted molar refractivity (Wildman–Crippen MR) is 78.2 cm³/mol. The van der Waals surface area contributed by atoms with Crippen LogP contribution in [0.1, 0.15) is 15.9 Å². The van der Waals surface area contributed by atoms with Gasteiger partial charge in [0.05, 0.1) is 11.3 Å². The van der Waals surface area contributed by atoms with Crippen molar-refractivity contribution >= 4 is 33.3 Å². The molecular weight excluding hydrogens is 316 g/mol. The van der Waals surface area contributed by atoms with E-state index in [-0.39, 0.29) is 10.6 Å². The fraction of sp³-hybridized carbons (Fsp3) is 0.0769. The summed E-state index contributed by atoms with van der Waals surface area (Å²) in [6, 6.07) is 7.04. The zero-order valence-electron chi connectivity index (χ0n) is 10.9. The summed E-state index contributed by atoms with van der Waals surface area (Å²) < 4.78 is 26.6. The van der Waals surface area contributed by atoms with Gasteiger partial charge in [-0.05, 0) is 36.8 Å². The lowest BCUT2D eigenvalue weighted by Gasteiger charge is -2.08. The van der Waals surface area contributed by atoms with E-state index in [1.807, 2.05) is 0 Å². The molecule has 1 heterocycles. The number of aromatic carboxylic acids is 1. The second kappa shape index (κ2) is 5.71. The van der Waals surface area contributed by atoms with Crippen LogP contribution in [0, 0.1) is 6.92 Å². The Morgan fingerprint density at radius 1 is 1.29 bits per heavy atom. The molecule has 1 aromatic heterocycles. The maximum Gasteiger partial charge on any atom is 0.337 e. The molecule has 0 atom stereocenters. The summed E-state index contributed by atoms with van der Waals surface area (Å²) >= 11 is 5.93. The van der Waals surface area contributed by atoms with E-state index in [1.165, 1.54) is 12.1 Å². The highest BCUT2D eigenvalue weighted by Gasteiger charge is 2.17. The largest absolute Gasteiger partial charge is 0.478 e. The number of carboxylic acid groups (broad SMARTS) is 1. The lowest BCUT2D eigenvalue weighted by Crippen LogP contribution is -2.15. The fourth-order valence-corrected chi connectivity index (χ4v) is 2.69. The number of rotatable bonds is 4. The number of hydrogen-bond acceptors (Lipinski definition) is 4. The van der Waals surface area contributed by atoms with Crippen LogP contribution in [0.25, 0.3) is 0 Å². The van der Waals surface area contributed by atoms with Crippen molar-refractivity contribution in [3.8, 4) is 0 Å². The maximum absolute atomic E-state index is 12.1. The topological polar surface area (TPSA) is 96.4 Å². The van der Waals surface area contributed by atoms with Crippen molar-refractivity contribution in [2.75, 3.05) is 4.72 Å². The quantitative estimate of drug-likeness (QED) is 0.900. The number of aromatic nitrogens is 1. The first-order valence-electron chi connectivity index (χ1n) is 5.78. The summed E-state index contributed by atoms with van der Waals surface area (Å²) in [6.07, 6.45) is 0.985. The summed E-state index contributed by atoms with van der Waals surface area (Å²) in [5, 5.41) is 8.91. The molecule has 0 radical (unpaired) electrons. The highest BCUT2D eigenvalue weighted by atomic mass is 35.5. The molecule has 0 spiro atoms. The van der Waals surface area contributed by atoms with Gasteiger partial charge >= 0.3 is 5.97 Å². The van der Waals surface area contributed by atoms with E-state index in [0.717, 1.165) is 17.8 Å². The number of sulfonamides is 1. The van der Waals surface area contributed by atoms with Crippen LogP contribution in [0.5, 0.6) is 0 Å². The second-order valence-electron chi connectivity index (χ2n) is 4.26. The number of carboxylic acids is 1. The number of halogens is 1. The molecule has 0 aliphatic heterocycles. The SMILES string of the molecule is Cc1ccc(NS(=O)(=O)c2ccc(C(=O)O)cn2)cc1Cl. The zero-order valence-corrected chi connectivity index (χ0v) is 12.4. The van der Waals surface area contributed by atoms with E-state index in [1.54, 1.807) is 19.1 Å². The van der Waals surface area contributed by atoms with E-state index in [9.17, 15) is 13.2 Å². The lowest BCUT2D eigenvalue weighted by molar-refractivity contribution is 0.0696. The molecule has 2 rings (SSSR count). The van der Waals surface area contributed by atoms with Crippen LogP contribution in [0.2, 0.25) is 5.02 Å². The van der Waals surface area contributed by atoms with Gasteiger partial charge in [-0.2, -0.15) is 8.42 Å². The Kier molecular flexibility index (Phi) is 4.15. The van der Waals surface area contributed by atoms with Gasteiger partial charge in [0.2, 0.25) is 0 Å². The van der Waals surface area contributed by atoms with Gasteiger partial charge in [-0.15, -0.1) is 0 Å². The van der Waals surface area contributed by atoms with Crippen LogP contribution in [-0.4, -0.2) is 24.5 Å². The Balaban J connectivity index is 2.29. The Morgan fingerprint density at radius 2 is 2.00 bits per heavy atom. The average Bonchev–Trinajstić information content (AvgIpc) is 2.43. The normalized spacial score (nSPS) is 11.1. The van der Waals surface area contributed by atoms with Crippen molar-refractivity contribution in [1.29, 1.82) is 0 Å². The number of hydrogen-bond donors (Lipinski definition) is 2. The molecule has 0 aliphatic carbocycles. The molecule has 0 bridgehead atoms. The van der Waals surface area contributed by atoms with Gasteiger partial charge < -0.3 is 5.11 Å². The molecule has 2 aromatic rings. The molecule has 0 amide bonds. The number of nitrogens with zero attached hydrogens (tertiary/aromatic N) is 1. The fourth-order valence-electron chi connectivity index (χ4n) is 1.53. The van der Waals surface area contributed by atoms with Crippen LogP contribution in [0.15, 0.2) is 41.6 Å². The zero-order chi connectivity index (χ0) is 15.6. The van der Waals surface area contributed by atoms with Crippen molar-refractivity contribution in [2.45, 2.75) is 11.9 Å². The molecule has 21 heavy (non-hydrogen) atoms. The van der Waals surface area contributed by atoms with Crippen LogP contribution < -0.4 is 4.72 Å². The molecule has 0 saturated carbocycles. The van der Waals surface area contributed by atoms with E-state index in [2.05, 4.69) is 9.71 Å². The summed E-state index contributed by atoms with van der Waals surface area (Å²) in [6.45, 7) is 1.80. The number of aryl methyl sites for hydroxylation is 1. The maximum atomic E-state index is 12.1. The van der Waals surface area contributed by atoms with Crippen molar-refractivity contribution in [2.24, 2.45) is 0 Å². The third kappa shape index (κ3) is 3.50. The van der Waals surface area contributed by atoms with Gasteiger partial charge in [-0.3, -0.25) is 4.72 Å². The van der Waals surface area contributed by atoms with E-state index in [4.69, 9.17) is 16.7 Å². The number of nitrogens with one attached hydrogen (secondary N) is 1. The molecule has 6 nitrogen and oxygen atoms in total. The van der Waals surface area contributed by atoms with Crippen molar-refractivity contribution < 1.29 is 18.3 Å². The third-order valence-electron chi connectivity index (χ3n) is 2.68. The highest BCUT2D eigenvalue weighted by Crippen LogP contribution is 2.22. The predicted octanol–water partition coefficient (Wildman–Crippen LogP) is 2.54. The van der Waals surface area contributed by atoms with Crippen LogP contribution in [-0.2, 0) is 10.0 Å². The first kappa shape index (κ1) is 15.3. The number of anilines is 1. The molecule has 0 aliphatic rings. The minimum Gasteiger partial charge on any atom is -0.478 e. The van der Waals surface area contributed by atoms with Crippen molar-refractivity contribution in [1.82, 2.24) is 4.98 Å². The Hall–Kier alpha value is -2.12. The molecule has 2 N–H and O–H groups in total. The second-order valence-corrected chi connectivity index (χ2v) is 6.30. The first-order valence-corrected chi connectivity index (χ1v) is 7.64. The van der Waals surface area contributed by atoms with Gasteiger partial charge in [-0.1, -0.05) is 17.7 Å². The minimum atomic E-state index is -3.90. The minimum absolute atomic E-state index is 0.0904. The molecule has 110 valence electrons. The summed E-state index contributed by atoms with van der Waals surface area (Å²) in [7, 11) is -3.90. The van der Waals surface area contributed by atoms with Crippen LogP contribution >= 0.6 is 11.6 Å². The monoisotopic (exact) mass is 326 g/mol. The Morgan fingerprint density at radius 3 is 2.52 bits per heavy atom. The number of benzene rings is 1. The molecule has 0 saturated heterocycles. The van der Waals surface area contributed by atoms with Gasteiger partial charge in [0.1, 0.15) is 0 Å². The van der Waals surface area contributed by atoms with E-state index < -0.39 is 16.0 Å². The van der Waals surface area contributed by atoms with Crippen LogP contribution in [0.3, 0.4) is 0 Å². The third-order valence-corrected chi connectivity index (χ3v) is 4.39. The Labute approximate surface area is 126 Å². The van der Waals surface area contributed by atoms with Crippen LogP contribution in [0.4, 0.5) is 5.69 Å². The molecule has 8 heteroatoms. The van der Waals surface area contributed by atoms with Crippen molar-refractivity contribution in [3.63, 3.8) is 0 Å². The lowest BCUT2D eigenvalue weighted by atomic mass is 10.2. The number of pyridine rings is 1. The standard InChI is InChI=1S/C13H11ClN2O4S/c1-8-2-4-10(6-11(8)14)16-21(19,20)12-5-3-9(7-15-12)13(17)18/h2-7,16H,1H3,(H,17,18). The summed E-state index contributed by atoms with van der Waals surface area (Å²) in [5.74, 6) is -1.18. The smallest absolute Gasteiger partial charge is 0.337 e. The molecule has 0 fully saturated rings. The molecule has 1 aromatic carbocycles. The number of carbonyl (C=O) groups is 1. The highest BCUT2D eigenvalue weighted by molar-refractivity contribution is 7.92. The van der Waals surface area contributed by atoms with E-state index in [0.29, 0.717) is 10.7 Å². The molecular formula is C13H11ClN2O4S. The molecule has 0 unspecified atom stereocenters. The van der Waals surface area contributed by atoms with Gasteiger partial charge in [0.25, 0.3) is 10.0 Å². The average molecular weight is 327 g/mol. The van der Waals surface area contributed by atoms with Gasteiger partial charge in [-0.25, -0.2) is 9.78 Å². The summed E-state index contributed by atoms with van der Waals surface area (Å²) in [4.78, 5) is 14.3. The first-order chi connectivity index (χ1) is 9.79.